The van der Waals surface area contributed by atoms with Crippen LogP contribution in [0.25, 0.3) is 0 Å². The van der Waals surface area contributed by atoms with Crippen LogP contribution >= 0.6 is 35.0 Å². The molecule has 2 N–H and O–H groups in total. The zero-order valence-corrected chi connectivity index (χ0v) is 17.0. The number of carbonyl (C=O) groups is 2. The number of carbonyl (C=O) groups excluding carboxylic acids is 2. The molecule has 0 saturated heterocycles. The Bertz CT molecular complexity index is 840. The monoisotopic (exact) mass is 422 g/mol. The van der Waals surface area contributed by atoms with E-state index in [0.717, 1.165) is 24.0 Å². The fraction of sp³-hybridized carbons (Fsp3) is 0.300. The van der Waals surface area contributed by atoms with E-state index in [1.807, 2.05) is 30.3 Å². The van der Waals surface area contributed by atoms with Crippen molar-refractivity contribution >= 4 is 46.8 Å². The minimum Gasteiger partial charge on any atom is -0.351 e. The molecule has 0 heterocycles. The van der Waals surface area contributed by atoms with E-state index < -0.39 is 0 Å². The highest BCUT2D eigenvalue weighted by Crippen LogP contribution is 2.24. The molecule has 0 radical (unpaired) electrons. The van der Waals surface area contributed by atoms with Gasteiger partial charge < -0.3 is 10.6 Å². The molecule has 0 bridgehead atoms. The van der Waals surface area contributed by atoms with Gasteiger partial charge in [-0.05, 0) is 48.2 Å². The molecular formula is C20H20Cl2N2O2S. The van der Waals surface area contributed by atoms with Crippen LogP contribution in [-0.4, -0.2) is 23.6 Å². The highest BCUT2D eigenvalue weighted by molar-refractivity contribution is 7.99. The lowest BCUT2D eigenvalue weighted by Crippen LogP contribution is -2.26. The second-order valence-electron chi connectivity index (χ2n) is 6.47. The third kappa shape index (κ3) is 6.45. The Hall–Kier alpha value is -1.69. The molecule has 1 saturated carbocycles. The van der Waals surface area contributed by atoms with Crippen LogP contribution < -0.4 is 10.6 Å². The fourth-order valence-electron chi connectivity index (χ4n) is 2.46. The molecule has 1 aliphatic rings. The molecule has 2 aromatic carbocycles. The molecule has 0 unspecified atom stereocenters. The highest BCUT2D eigenvalue weighted by atomic mass is 35.5. The molecule has 142 valence electrons. The van der Waals surface area contributed by atoms with Crippen LogP contribution in [0.15, 0.2) is 42.5 Å². The van der Waals surface area contributed by atoms with Crippen LogP contribution in [0.3, 0.4) is 0 Å². The Kier molecular flexibility index (Phi) is 7.05. The van der Waals surface area contributed by atoms with Crippen molar-refractivity contribution in [3.05, 3.63) is 69.2 Å². The van der Waals surface area contributed by atoms with E-state index in [2.05, 4.69) is 10.6 Å². The number of benzene rings is 2. The summed E-state index contributed by atoms with van der Waals surface area (Å²) in [6, 6.07) is 13.1. The lowest BCUT2D eigenvalue weighted by Gasteiger charge is -2.08. The summed E-state index contributed by atoms with van der Waals surface area (Å²) in [5.41, 5.74) is 2.56. The Morgan fingerprint density at radius 3 is 2.59 bits per heavy atom. The second-order valence-corrected chi connectivity index (χ2v) is 8.27. The standard InChI is InChI=1S/C20H20Cl2N2O2S/c21-17-7-4-14(9-18(17)22)11-27-12-19(25)23-10-13-2-1-3-15(8-13)20(26)24-16-5-6-16/h1-4,7-9,16H,5-6,10-12H2,(H,23,25)(H,24,26). The first-order valence-corrected chi connectivity index (χ1v) is 10.6. The molecule has 1 aliphatic carbocycles. The summed E-state index contributed by atoms with van der Waals surface area (Å²) in [6.45, 7) is 0.400. The molecule has 0 atom stereocenters. The van der Waals surface area contributed by atoms with Crippen molar-refractivity contribution in [3.8, 4) is 0 Å². The van der Waals surface area contributed by atoms with Crippen molar-refractivity contribution < 1.29 is 9.59 Å². The number of thioether (sulfide) groups is 1. The van der Waals surface area contributed by atoms with Gasteiger partial charge in [0.25, 0.3) is 5.91 Å². The average molecular weight is 423 g/mol. The van der Waals surface area contributed by atoms with Gasteiger partial charge in [0.15, 0.2) is 0 Å². The van der Waals surface area contributed by atoms with Crippen molar-refractivity contribution in [2.24, 2.45) is 0 Å². The fourth-order valence-corrected chi connectivity index (χ4v) is 3.59. The minimum atomic E-state index is -0.0529. The predicted octanol–water partition coefficient (Wildman–Crippen LogP) is 4.44. The Morgan fingerprint density at radius 2 is 1.85 bits per heavy atom. The molecular weight excluding hydrogens is 403 g/mol. The van der Waals surface area contributed by atoms with Gasteiger partial charge in [0.1, 0.15) is 0 Å². The molecule has 0 spiro atoms. The molecule has 2 amide bonds. The largest absolute Gasteiger partial charge is 0.351 e. The summed E-state index contributed by atoms with van der Waals surface area (Å²) in [7, 11) is 0. The SMILES string of the molecule is O=C(CSCc1ccc(Cl)c(Cl)c1)NCc1cccc(C(=O)NC2CC2)c1. The quantitative estimate of drug-likeness (QED) is 0.660. The zero-order valence-electron chi connectivity index (χ0n) is 14.6. The van der Waals surface area contributed by atoms with Gasteiger partial charge in [-0.15, -0.1) is 11.8 Å². The maximum atomic E-state index is 12.1. The van der Waals surface area contributed by atoms with Gasteiger partial charge >= 0.3 is 0 Å². The van der Waals surface area contributed by atoms with Crippen molar-refractivity contribution in [1.29, 1.82) is 0 Å². The molecule has 1 fully saturated rings. The van der Waals surface area contributed by atoms with Gasteiger partial charge in [-0.25, -0.2) is 0 Å². The molecule has 2 aromatic rings. The number of amides is 2. The number of hydrogen-bond acceptors (Lipinski definition) is 3. The maximum absolute atomic E-state index is 12.1. The van der Waals surface area contributed by atoms with E-state index >= 15 is 0 Å². The Balaban J connectivity index is 1.42. The van der Waals surface area contributed by atoms with Crippen LogP contribution in [0.1, 0.15) is 34.3 Å². The maximum Gasteiger partial charge on any atom is 0.251 e. The van der Waals surface area contributed by atoms with Gasteiger partial charge in [-0.3, -0.25) is 9.59 Å². The first-order chi connectivity index (χ1) is 13.0. The summed E-state index contributed by atoms with van der Waals surface area (Å²) >= 11 is 13.4. The van der Waals surface area contributed by atoms with E-state index in [1.54, 1.807) is 12.1 Å². The van der Waals surface area contributed by atoms with E-state index in [9.17, 15) is 9.59 Å². The molecule has 7 heteroatoms. The van der Waals surface area contributed by atoms with E-state index in [0.29, 0.717) is 39.7 Å². The van der Waals surface area contributed by atoms with Gasteiger partial charge in [0.2, 0.25) is 5.91 Å². The van der Waals surface area contributed by atoms with Crippen molar-refractivity contribution in [2.45, 2.75) is 31.2 Å². The predicted molar refractivity (Wildman–Crippen MR) is 111 cm³/mol. The molecule has 0 aliphatic heterocycles. The normalized spacial score (nSPS) is 13.3. The summed E-state index contributed by atoms with van der Waals surface area (Å²) in [5.74, 6) is 0.930. The van der Waals surface area contributed by atoms with Crippen LogP contribution in [-0.2, 0) is 17.1 Å². The van der Waals surface area contributed by atoms with Gasteiger partial charge in [-0.1, -0.05) is 41.4 Å². The molecule has 3 rings (SSSR count). The first kappa shape index (κ1) is 20.1. The van der Waals surface area contributed by atoms with Gasteiger partial charge in [0, 0.05) is 23.9 Å². The average Bonchev–Trinajstić information content (AvgIpc) is 3.47. The molecule has 4 nitrogen and oxygen atoms in total. The minimum absolute atomic E-state index is 0.0482. The summed E-state index contributed by atoms with van der Waals surface area (Å²) in [5, 5.41) is 6.89. The zero-order chi connectivity index (χ0) is 19.2. The summed E-state index contributed by atoms with van der Waals surface area (Å²) in [6.07, 6.45) is 2.11. The van der Waals surface area contributed by atoms with Crippen molar-refractivity contribution in [1.82, 2.24) is 10.6 Å². The first-order valence-electron chi connectivity index (χ1n) is 8.69. The number of hydrogen-bond donors (Lipinski definition) is 2. The Labute approximate surface area is 173 Å². The summed E-state index contributed by atoms with van der Waals surface area (Å²) in [4.78, 5) is 24.1. The van der Waals surface area contributed by atoms with Gasteiger partial charge in [0.05, 0.1) is 15.8 Å². The second kappa shape index (κ2) is 9.49. The third-order valence-electron chi connectivity index (χ3n) is 4.08. The highest BCUT2D eigenvalue weighted by Gasteiger charge is 2.23. The number of rotatable bonds is 8. The molecule has 27 heavy (non-hydrogen) atoms. The topological polar surface area (TPSA) is 58.2 Å². The van der Waals surface area contributed by atoms with Crippen molar-refractivity contribution in [3.63, 3.8) is 0 Å². The van der Waals surface area contributed by atoms with Crippen LogP contribution in [0, 0.1) is 0 Å². The van der Waals surface area contributed by atoms with E-state index in [1.165, 1.54) is 11.8 Å². The Morgan fingerprint density at radius 1 is 1.04 bits per heavy atom. The number of halogens is 2. The third-order valence-corrected chi connectivity index (χ3v) is 5.82. The lowest BCUT2D eigenvalue weighted by molar-refractivity contribution is -0.118. The van der Waals surface area contributed by atoms with Crippen LogP contribution in [0.4, 0.5) is 0 Å². The molecule has 0 aromatic heterocycles. The van der Waals surface area contributed by atoms with E-state index in [-0.39, 0.29) is 11.8 Å². The smallest absolute Gasteiger partial charge is 0.251 e. The van der Waals surface area contributed by atoms with E-state index in [4.69, 9.17) is 23.2 Å². The van der Waals surface area contributed by atoms with Crippen LogP contribution in [0.2, 0.25) is 10.0 Å². The summed E-state index contributed by atoms with van der Waals surface area (Å²) < 4.78 is 0. The van der Waals surface area contributed by atoms with Crippen LogP contribution in [0.5, 0.6) is 0 Å². The van der Waals surface area contributed by atoms with Gasteiger partial charge in [-0.2, -0.15) is 0 Å². The lowest BCUT2D eigenvalue weighted by atomic mass is 10.1. The van der Waals surface area contributed by atoms with Crippen molar-refractivity contribution in [2.75, 3.05) is 5.75 Å². The number of nitrogens with one attached hydrogen (secondary N) is 2.